The zero-order valence-corrected chi connectivity index (χ0v) is 14.1. The Bertz CT molecular complexity index is 416. The highest BCUT2D eigenvalue weighted by atomic mass is 32.1. The van der Waals surface area contributed by atoms with E-state index in [0.717, 1.165) is 31.5 Å². The maximum Gasteiger partial charge on any atom is 0.191 e. The van der Waals surface area contributed by atoms with Crippen LogP contribution in [0.15, 0.2) is 22.5 Å². The molecule has 0 aliphatic carbocycles. The van der Waals surface area contributed by atoms with Crippen molar-refractivity contribution in [2.75, 3.05) is 32.7 Å². The first-order chi connectivity index (χ1) is 10.3. The number of rotatable bonds is 6. The smallest absolute Gasteiger partial charge is 0.191 e. The molecular weight excluding hydrogens is 280 g/mol. The Morgan fingerprint density at radius 3 is 3.05 bits per heavy atom. The van der Waals surface area contributed by atoms with Crippen molar-refractivity contribution in [1.29, 1.82) is 0 Å². The summed E-state index contributed by atoms with van der Waals surface area (Å²) < 4.78 is 0. The molecule has 4 nitrogen and oxygen atoms in total. The molecule has 1 unspecified atom stereocenters. The molecule has 0 bridgehead atoms. The van der Waals surface area contributed by atoms with Crippen LogP contribution in [-0.2, 0) is 6.54 Å². The Labute approximate surface area is 132 Å². The van der Waals surface area contributed by atoms with Crippen molar-refractivity contribution in [1.82, 2.24) is 15.5 Å². The van der Waals surface area contributed by atoms with Crippen molar-refractivity contribution in [3.05, 3.63) is 22.4 Å². The second-order valence-corrected chi connectivity index (χ2v) is 6.59. The number of guanidine groups is 1. The molecule has 2 rings (SSSR count). The lowest BCUT2D eigenvalue weighted by molar-refractivity contribution is 0.183. The van der Waals surface area contributed by atoms with Crippen molar-refractivity contribution in [2.45, 2.75) is 33.2 Å². The summed E-state index contributed by atoms with van der Waals surface area (Å²) in [4.78, 5) is 8.53. The maximum atomic E-state index is 4.67. The summed E-state index contributed by atoms with van der Waals surface area (Å²) in [7, 11) is 0. The fraction of sp³-hybridized carbons (Fsp3) is 0.688. The van der Waals surface area contributed by atoms with E-state index < -0.39 is 0 Å². The molecule has 1 fully saturated rings. The van der Waals surface area contributed by atoms with Gasteiger partial charge in [-0.3, -0.25) is 0 Å². The van der Waals surface area contributed by atoms with Crippen LogP contribution < -0.4 is 10.6 Å². The lowest BCUT2D eigenvalue weighted by Gasteiger charge is -2.32. The van der Waals surface area contributed by atoms with Gasteiger partial charge in [0.15, 0.2) is 5.96 Å². The van der Waals surface area contributed by atoms with Gasteiger partial charge in [-0.1, -0.05) is 13.0 Å². The Hall–Kier alpha value is -1.07. The summed E-state index contributed by atoms with van der Waals surface area (Å²) in [6.07, 6.45) is 2.65. The molecule has 5 heteroatoms. The van der Waals surface area contributed by atoms with Crippen LogP contribution in [0.2, 0.25) is 0 Å². The second kappa shape index (κ2) is 9.05. The lowest BCUT2D eigenvalue weighted by Crippen LogP contribution is -2.44. The molecule has 0 spiro atoms. The molecule has 1 aliphatic heterocycles. The van der Waals surface area contributed by atoms with Gasteiger partial charge in [-0.05, 0) is 50.2 Å². The van der Waals surface area contributed by atoms with E-state index in [1.54, 1.807) is 11.3 Å². The fourth-order valence-corrected chi connectivity index (χ4v) is 3.38. The standard InChI is InChI=1S/C16H28N4S/c1-3-17-16(19-12-15-8-6-10-21-15)18-11-14-7-5-9-20(4-2)13-14/h6,8,10,14H,3-5,7,9,11-13H2,1-2H3,(H2,17,18,19). The van der Waals surface area contributed by atoms with Crippen LogP contribution in [-0.4, -0.2) is 43.6 Å². The number of nitrogens with zero attached hydrogens (tertiary/aromatic N) is 2. The summed E-state index contributed by atoms with van der Waals surface area (Å²) in [5.41, 5.74) is 0. The average molecular weight is 308 g/mol. The van der Waals surface area contributed by atoms with Gasteiger partial charge in [0.2, 0.25) is 0 Å². The predicted octanol–water partition coefficient (Wildman–Crippen LogP) is 2.54. The molecule has 1 aromatic rings. The Kier molecular flexibility index (Phi) is 7.03. The highest BCUT2D eigenvalue weighted by Gasteiger charge is 2.18. The summed E-state index contributed by atoms with van der Waals surface area (Å²) in [5.74, 6) is 1.68. The fourth-order valence-electron chi connectivity index (χ4n) is 2.75. The van der Waals surface area contributed by atoms with Crippen LogP contribution in [0.3, 0.4) is 0 Å². The van der Waals surface area contributed by atoms with Crippen molar-refractivity contribution < 1.29 is 0 Å². The van der Waals surface area contributed by atoms with Gasteiger partial charge in [0.25, 0.3) is 0 Å². The third-order valence-corrected chi connectivity index (χ3v) is 4.79. The monoisotopic (exact) mass is 308 g/mol. The van der Waals surface area contributed by atoms with Gasteiger partial charge in [-0.15, -0.1) is 11.3 Å². The molecule has 21 heavy (non-hydrogen) atoms. The first kappa shape index (κ1) is 16.3. The van der Waals surface area contributed by atoms with Crippen molar-refractivity contribution >= 4 is 17.3 Å². The number of hydrogen-bond donors (Lipinski definition) is 2. The van der Waals surface area contributed by atoms with Gasteiger partial charge in [-0.25, -0.2) is 4.99 Å². The zero-order valence-electron chi connectivity index (χ0n) is 13.3. The second-order valence-electron chi connectivity index (χ2n) is 5.56. The number of piperidine rings is 1. The van der Waals surface area contributed by atoms with E-state index in [1.165, 1.54) is 37.4 Å². The third kappa shape index (κ3) is 5.67. The van der Waals surface area contributed by atoms with Gasteiger partial charge < -0.3 is 15.5 Å². The van der Waals surface area contributed by atoms with Gasteiger partial charge in [0, 0.05) is 24.5 Å². The molecule has 1 atom stereocenters. The largest absolute Gasteiger partial charge is 0.357 e. The quantitative estimate of drug-likeness (QED) is 0.627. The molecule has 0 amide bonds. The summed E-state index contributed by atoms with van der Waals surface area (Å²) in [6.45, 7) is 10.7. The lowest BCUT2D eigenvalue weighted by atomic mass is 9.98. The molecule has 0 radical (unpaired) electrons. The highest BCUT2D eigenvalue weighted by molar-refractivity contribution is 7.09. The molecule has 0 saturated carbocycles. The average Bonchev–Trinajstić information content (AvgIpc) is 3.03. The Morgan fingerprint density at radius 1 is 1.43 bits per heavy atom. The first-order valence-corrected chi connectivity index (χ1v) is 8.96. The number of nitrogens with one attached hydrogen (secondary N) is 2. The van der Waals surface area contributed by atoms with E-state index in [4.69, 9.17) is 0 Å². The van der Waals surface area contributed by atoms with Gasteiger partial charge in [0.05, 0.1) is 6.54 Å². The molecule has 2 N–H and O–H groups in total. The number of thiophene rings is 1. The van der Waals surface area contributed by atoms with Crippen LogP contribution in [0.25, 0.3) is 0 Å². The summed E-state index contributed by atoms with van der Waals surface area (Å²) in [5, 5.41) is 8.96. The van der Waals surface area contributed by atoms with E-state index in [1.807, 2.05) is 0 Å². The van der Waals surface area contributed by atoms with E-state index in [2.05, 4.69) is 51.9 Å². The molecule has 0 aromatic carbocycles. The molecule has 2 heterocycles. The molecule has 1 saturated heterocycles. The van der Waals surface area contributed by atoms with Gasteiger partial charge in [0.1, 0.15) is 0 Å². The van der Waals surface area contributed by atoms with Crippen molar-refractivity contribution in [3.63, 3.8) is 0 Å². The topological polar surface area (TPSA) is 39.7 Å². The number of hydrogen-bond acceptors (Lipinski definition) is 3. The normalized spacial score (nSPS) is 20.5. The minimum absolute atomic E-state index is 0.740. The van der Waals surface area contributed by atoms with Crippen LogP contribution in [0.4, 0.5) is 0 Å². The molecule has 1 aliphatic rings. The number of likely N-dealkylation sites (tertiary alicyclic amines) is 1. The highest BCUT2D eigenvalue weighted by Crippen LogP contribution is 2.15. The first-order valence-electron chi connectivity index (χ1n) is 8.08. The molecule has 1 aromatic heterocycles. The van der Waals surface area contributed by atoms with E-state index in [0.29, 0.717) is 0 Å². The maximum absolute atomic E-state index is 4.67. The van der Waals surface area contributed by atoms with Gasteiger partial charge >= 0.3 is 0 Å². The molecule has 118 valence electrons. The molecular formula is C16H28N4S. The van der Waals surface area contributed by atoms with E-state index in [-0.39, 0.29) is 0 Å². The zero-order chi connectivity index (χ0) is 14.9. The van der Waals surface area contributed by atoms with Gasteiger partial charge in [-0.2, -0.15) is 0 Å². The minimum atomic E-state index is 0.740. The van der Waals surface area contributed by atoms with Crippen LogP contribution in [0.1, 0.15) is 31.6 Å². The third-order valence-electron chi connectivity index (χ3n) is 3.93. The van der Waals surface area contributed by atoms with Crippen molar-refractivity contribution in [2.24, 2.45) is 10.9 Å². The van der Waals surface area contributed by atoms with Crippen LogP contribution in [0, 0.1) is 5.92 Å². The SMILES string of the molecule is CCNC(=NCc1cccs1)NCC1CCCN(CC)C1. The Balaban J connectivity index is 1.80. The predicted molar refractivity (Wildman–Crippen MR) is 92.0 cm³/mol. The summed E-state index contributed by atoms with van der Waals surface area (Å²) >= 11 is 1.76. The minimum Gasteiger partial charge on any atom is -0.357 e. The summed E-state index contributed by atoms with van der Waals surface area (Å²) in [6, 6.07) is 4.22. The Morgan fingerprint density at radius 2 is 2.33 bits per heavy atom. The van der Waals surface area contributed by atoms with Crippen molar-refractivity contribution in [3.8, 4) is 0 Å². The van der Waals surface area contributed by atoms with E-state index in [9.17, 15) is 0 Å². The van der Waals surface area contributed by atoms with Crippen LogP contribution in [0.5, 0.6) is 0 Å². The van der Waals surface area contributed by atoms with Crippen LogP contribution >= 0.6 is 11.3 Å². The van der Waals surface area contributed by atoms with E-state index >= 15 is 0 Å². The number of aliphatic imine (C=N–C) groups is 1.